The minimum Gasteiger partial charge on any atom is -0.450 e. The first-order valence-electron chi connectivity index (χ1n) is 11.1. The van der Waals surface area contributed by atoms with E-state index in [1.165, 1.54) is 18.4 Å². The molecule has 162 valence electrons. The van der Waals surface area contributed by atoms with Crippen molar-refractivity contribution in [2.24, 2.45) is 0 Å². The first kappa shape index (κ1) is 21.5. The molecule has 0 fully saturated rings. The number of unbranched alkanes of at least 4 members (excludes halogenated alkanes) is 2. The van der Waals surface area contributed by atoms with Gasteiger partial charge in [-0.2, -0.15) is 4.39 Å². The van der Waals surface area contributed by atoms with E-state index in [0.717, 1.165) is 18.4 Å². The maximum atomic E-state index is 15.4. The van der Waals surface area contributed by atoms with Gasteiger partial charge in [-0.15, -0.1) is 0 Å². The molecule has 0 radical (unpaired) electrons. The molecule has 0 amide bonds. The minimum atomic E-state index is -1.03. The summed E-state index contributed by atoms with van der Waals surface area (Å²) in [4.78, 5) is 0. The van der Waals surface area contributed by atoms with Gasteiger partial charge in [-0.25, -0.2) is 8.78 Å². The van der Waals surface area contributed by atoms with Gasteiger partial charge in [0.1, 0.15) is 0 Å². The first-order chi connectivity index (χ1) is 15.0. The lowest BCUT2D eigenvalue weighted by atomic mass is 9.93. The zero-order chi connectivity index (χ0) is 22.0. The maximum absolute atomic E-state index is 15.4. The highest BCUT2D eigenvalue weighted by molar-refractivity contribution is 5.69. The summed E-state index contributed by atoms with van der Waals surface area (Å²) in [5.41, 5.74) is 3.88. The molecule has 1 nitrogen and oxygen atoms in total. The van der Waals surface area contributed by atoms with Crippen LogP contribution in [-0.4, -0.2) is 0 Å². The lowest BCUT2D eigenvalue weighted by Gasteiger charge is -2.23. The summed E-state index contributed by atoms with van der Waals surface area (Å²) >= 11 is 0. The molecule has 1 aliphatic heterocycles. The van der Waals surface area contributed by atoms with Gasteiger partial charge in [0, 0.05) is 23.1 Å². The fourth-order valence-corrected chi connectivity index (χ4v) is 4.22. The van der Waals surface area contributed by atoms with Crippen LogP contribution in [0.15, 0.2) is 42.5 Å². The third kappa shape index (κ3) is 4.21. The van der Waals surface area contributed by atoms with Gasteiger partial charge in [0.05, 0.1) is 0 Å². The highest BCUT2D eigenvalue weighted by atomic mass is 19.2. The number of aryl methyl sites for hydroxylation is 2. The van der Waals surface area contributed by atoms with Crippen LogP contribution in [0.2, 0.25) is 0 Å². The molecule has 3 aromatic rings. The Morgan fingerprint density at radius 3 is 2.19 bits per heavy atom. The third-order valence-corrected chi connectivity index (χ3v) is 5.93. The number of benzene rings is 3. The topological polar surface area (TPSA) is 9.23 Å². The van der Waals surface area contributed by atoms with Crippen LogP contribution in [-0.2, 0) is 19.3 Å². The molecule has 1 heterocycles. The summed E-state index contributed by atoms with van der Waals surface area (Å²) in [6.07, 6.45) is 5.98. The molecule has 0 N–H and O–H groups in total. The number of hydrogen-bond donors (Lipinski definition) is 0. The van der Waals surface area contributed by atoms with Crippen molar-refractivity contribution in [2.45, 2.75) is 58.8 Å². The highest BCUT2D eigenvalue weighted by Gasteiger charge is 2.28. The Morgan fingerprint density at radius 2 is 1.48 bits per heavy atom. The smallest absolute Gasteiger partial charge is 0.201 e. The van der Waals surface area contributed by atoms with Crippen LogP contribution in [0.25, 0.3) is 11.1 Å². The Kier molecular flexibility index (Phi) is 6.35. The molecule has 0 bridgehead atoms. The van der Waals surface area contributed by atoms with E-state index < -0.39 is 17.5 Å². The first-order valence-corrected chi connectivity index (χ1v) is 11.1. The van der Waals surface area contributed by atoms with Crippen molar-refractivity contribution < 1.29 is 17.9 Å². The van der Waals surface area contributed by atoms with Crippen molar-refractivity contribution in [3.05, 3.63) is 82.2 Å². The SMILES string of the molecule is CCCCCc1ccc(-c2ccc3c(c2F)Oc2c(cc(CCC)c(F)c2F)C3)cc1. The van der Waals surface area contributed by atoms with Crippen LogP contribution in [0.3, 0.4) is 0 Å². The molecule has 31 heavy (non-hydrogen) atoms. The lowest BCUT2D eigenvalue weighted by molar-refractivity contribution is 0.380. The molecule has 0 saturated heterocycles. The van der Waals surface area contributed by atoms with Crippen LogP contribution in [0, 0.1) is 17.5 Å². The lowest BCUT2D eigenvalue weighted by Crippen LogP contribution is -2.10. The monoisotopic (exact) mass is 424 g/mol. The molecule has 0 unspecified atom stereocenters. The fraction of sp³-hybridized carbons (Fsp3) is 0.333. The van der Waals surface area contributed by atoms with E-state index in [9.17, 15) is 8.78 Å². The predicted molar refractivity (Wildman–Crippen MR) is 118 cm³/mol. The van der Waals surface area contributed by atoms with E-state index in [1.807, 2.05) is 37.3 Å². The van der Waals surface area contributed by atoms with E-state index in [2.05, 4.69) is 6.92 Å². The fourth-order valence-electron chi connectivity index (χ4n) is 4.22. The highest BCUT2D eigenvalue weighted by Crippen LogP contribution is 2.43. The van der Waals surface area contributed by atoms with Crippen molar-refractivity contribution in [1.82, 2.24) is 0 Å². The average molecular weight is 425 g/mol. The quantitative estimate of drug-likeness (QED) is 0.272. The number of rotatable bonds is 7. The maximum Gasteiger partial charge on any atom is 0.201 e. The van der Waals surface area contributed by atoms with E-state index in [1.54, 1.807) is 12.1 Å². The van der Waals surface area contributed by atoms with Gasteiger partial charge < -0.3 is 4.74 Å². The molecule has 0 saturated carbocycles. The van der Waals surface area contributed by atoms with E-state index in [-0.39, 0.29) is 11.5 Å². The third-order valence-electron chi connectivity index (χ3n) is 5.93. The van der Waals surface area contributed by atoms with Crippen LogP contribution in [0.1, 0.15) is 61.8 Å². The molecule has 0 aromatic heterocycles. The number of fused-ring (bicyclic) bond motifs is 2. The zero-order valence-corrected chi connectivity index (χ0v) is 18.0. The van der Waals surface area contributed by atoms with Gasteiger partial charge in [-0.05, 0) is 42.0 Å². The second kappa shape index (κ2) is 9.17. The molecule has 1 aliphatic rings. The van der Waals surface area contributed by atoms with Gasteiger partial charge in [-0.1, -0.05) is 69.5 Å². The molecule has 0 atom stereocenters. The number of hydrogen-bond acceptors (Lipinski definition) is 1. The standard InChI is InChI=1S/C27H27F3O/c1-3-5-6-8-17-9-11-18(12-10-17)22-14-13-20-16-21-15-19(7-4-2)23(28)25(30)27(21)31-26(20)24(22)29/h9-15H,3-8,16H2,1-2H3. The van der Waals surface area contributed by atoms with Crippen LogP contribution in [0.5, 0.6) is 11.5 Å². The van der Waals surface area contributed by atoms with Gasteiger partial charge in [0.15, 0.2) is 23.1 Å². The Balaban J connectivity index is 1.64. The van der Waals surface area contributed by atoms with Gasteiger partial charge in [-0.3, -0.25) is 0 Å². The molecule has 4 heteroatoms. The largest absolute Gasteiger partial charge is 0.450 e. The summed E-state index contributed by atoms with van der Waals surface area (Å²) in [6, 6.07) is 13.0. The molecular weight excluding hydrogens is 397 g/mol. The Bertz CT molecular complexity index is 1090. The zero-order valence-electron chi connectivity index (χ0n) is 18.0. The second-order valence-electron chi connectivity index (χ2n) is 8.25. The van der Waals surface area contributed by atoms with Crippen LogP contribution < -0.4 is 4.74 Å². The van der Waals surface area contributed by atoms with Crippen molar-refractivity contribution >= 4 is 0 Å². The van der Waals surface area contributed by atoms with Crippen molar-refractivity contribution in [3.8, 4) is 22.6 Å². The molecule has 0 spiro atoms. The second-order valence-corrected chi connectivity index (χ2v) is 8.25. The van der Waals surface area contributed by atoms with E-state index in [0.29, 0.717) is 41.5 Å². The molecule has 3 aromatic carbocycles. The Labute approximate surface area is 181 Å². The predicted octanol–water partition coefficient (Wildman–Crippen LogP) is 8.15. The number of halogens is 3. The Hall–Kier alpha value is -2.75. The summed E-state index contributed by atoms with van der Waals surface area (Å²) in [7, 11) is 0. The summed E-state index contributed by atoms with van der Waals surface area (Å²) < 4.78 is 50.1. The van der Waals surface area contributed by atoms with E-state index in [4.69, 9.17) is 4.74 Å². The molecular formula is C27H27F3O. The van der Waals surface area contributed by atoms with Crippen molar-refractivity contribution in [2.75, 3.05) is 0 Å². The van der Waals surface area contributed by atoms with Crippen LogP contribution in [0.4, 0.5) is 13.2 Å². The average Bonchev–Trinajstić information content (AvgIpc) is 2.78. The number of ether oxygens (including phenoxy) is 1. The van der Waals surface area contributed by atoms with Gasteiger partial charge >= 0.3 is 0 Å². The van der Waals surface area contributed by atoms with Crippen molar-refractivity contribution in [3.63, 3.8) is 0 Å². The van der Waals surface area contributed by atoms with E-state index >= 15 is 4.39 Å². The van der Waals surface area contributed by atoms with Crippen molar-refractivity contribution in [1.29, 1.82) is 0 Å². The van der Waals surface area contributed by atoms with Gasteiger partial charge in [0.2, 0.25) is 5.82 Å². The summed E-state index contributed by atoms with van der Waals surface area (Å²) in [5.74, 6) is -2.70. The van der Waals surface area contributed by atoms with Crippen LogP contribution >= 0.6 is 0 Å². The molecule has 4 rings (SSSR count). The molecule has 0 aliphatic carbocycles. The Morgan fingerprint density at radius 1 is 0.742 bits per heavy atom. The normalized spacial score (nSPS) is 12.3. The van der Waals surface area contributed by atoms with Gasteiger partial charge in [0.25, 0.3) is 0 Å². The summed E-state index contributed by atoms with van der Waals surface area (Å²) in [5, 5.41) is 0. The summed E-state index contributed by atoms with van der Waals surface area (Å²) in [6.45, 7) is 4.09. The minimum absolute atomic E-state index is 0.0152.